The summed E-state index contributed by atoms with van der Waals surface area (Å²) in [5.74, 6) is -6.45. The van der Waals surface area contributed by atoms with Gasteiger partial charge in [-0.25, -0.2) is 0 Å². The van der Waals surface area contributed by atoms with Crippen LogP contribution in [-0.2, 0) is 43.0 Å². The molecular weight excluding hydrogens is 718 g/mol. The number of nitrogens with zero attached hydrogens (tertiary/aromatic N) is 3. The summed E-state index contributed by atoms with van der Waals surface area (Å²) in [5, 5.41) is 38.9. The lowest BCUT2D eigenvalue weighted by Gasteiger charge is -2.49. The van der Waals surface area contributed by atoms with Crippen LogP contribution in [0.25, 0.3) is 0 Å². The standard InChI is InChI=1S/3C11H22NO2.C6H8O7/c3*1-9(13)14-10-6-7-12(4,5)11(2,3)8-10;7-3(8)1-6(13,5(11)12)2-4(9)10/h3*10H,6-8H2,1-5H3;13H,1-2H2,(H,7,8)(H,9,10)(H,11,12)/q3*+1;/p-3. The van der Waals surface area contributed by atoms with E-state index in [4.69, 9.17) is 19.3 Å². The molecule has 3 saturated heterocycles. The molecule has 1 N–H and O–H groups in total. The third-order valence-electron chi connectivity index (χ3n) is 12.4. The molecule has 0 amide bonds. The molecule has 0 radical (unpaired) electrons. The van der Waals surface area contributed by atoms with Crippen molar-refractivity contribution in [1.29, 1.82) is 0 Å². The molecule has 55 heavy (non-hydrogen) atoms. The molecule has 3 atom stereocenters. The van der Waals surface area contributed by atoms with E-state index in [1.807, 2.05) is 0 Å². The van der Waals surface area contributed by atoms with Gasteiger partial charge < -0.3 is 62.5 Å². The fourth-order valence-electron chi connectivity index (χ4n) is 6.72. The summed E-state index contributed by atoms with van der Waals surface area (Å²) in [4.78, 5) is 62.6. The molecule has 0 bridgehead atoms. The predicted molar refractivity (Wildman–Crippen MR) is 197 cm³/mol. The highest BCUT2D eigenvalue weighted by atomic mass is 16.6. The van der Waals surface area contributed by atoms with Gasteiger partial charge in [0.2, 0.25) is 0 Å². The summed E-state index contributed by atoms with van der Waals surface area (Å²) in [6.45, 7) is 21.1. The lowest BCUT2D eigenvalue weighted by Crippen LogP contribution is -2.61. The number of quaternary nitrogens is 3. The minimum atomic E-state index is -2.97. The molecule has 320 valence electrons. The smallest absolute Gasteiger partial charge is 0.302 e. The number of carboxylic acid groups (broad SMARTS) is 3. The van der Waals surface area contributed by atoms with Crippen molar-refractivity contribution in [2.45, 2.75) is 154 Å². The summed E-state index contributed by atoms with van der Waals surface area (Å²) in [6.07, 6.45) is 3.46. The van der Waals surface area contributed by atoms with E-state index in [1.54, 1.807) is 0 Å². The average Bonchev–Trinajstić information content (AvgIpc) is 2.94. The van der Waals surface area contributed by atoms with Gasteiger partial charge in [0.25, 0.3) is 0 Å². The molecule has 3 aliphatic rings. The number of carboxylic acids is 3. The zero-order chi connectivity index (χ0) is 43.6. The minimum absolute atomic E-state index is 0.119. The maximum atomic E-state index is 10.9. The van der Waals surface area contributed by atoms with Crippen LogP contribution in [0, 0.1) is 0 Å². The highest BCUT2D eigenvalue weighted by Crippen LogP contribution is 2.35. The Bertz CT molecular complexity index is 1220. The number of esters is 3. The monoisotopic (exact) mass is 789 g/mol. The second-order valence-corrected chi connectivity index (χ2v) is 18.8. The number of aliphatic carboxylic acids is 3. The molecule has 3 rings (SSSR count). The Kier molecular flexibility index (Phi) is 18.5. The molecule has 0 aromatic rings. The van der Waals surface area contributed by atoms with E-state index in [2.05, 4.69) is 83.8 Å². The largest absolute Gasteiger partial charge is 0.550 e. The van der Waals surface area contributed by atoms with E-state index in [9.17, 15) is 44.1 Å². The number of ether oxygens (including phenoxy) is 3. The molecular formula is C39H71N3O13. The molecule has 3 aliphatic heterocycles. The number of likely N-dealkylation sites (tertiary alicyclic amines) is 3. The van der Waals surface area contributed by atoms with Gasteiger partial charge in [0.05, 0.1) is 84.5 Å². The van der Waals surface area contributed by atoms with Crippen LogP contribution >= 0.6 is 0 Å². The van der Waals surface area contributed by atoms with Gasteiger partial charge in [-0.1, -0.05) is 0 Å². The number of aliphatic hydroxyl groups is 1. The summed E-state index contributed by atoms with van der Waals surface area (Å²) in [6, 6.07) is 0. The highest BCUT2D eigenvalue weighted by Gasteiger charge is 2.46. The number of piperidine rings is 3. The van der Waals surface area contributed by atoms with Crippen LogP contribution in [-0.4, -0.2) is 157 Å². The summed E-state index contributed by atoms with van der Waals surface area (Å²) >= 11 is 0. The lowest BCUT2D eigenvalue weighted by molar-refractivity contribution is -0.944. The summed E-state index contributed by atoms with van der Waals surface area (Å²) in [5.41, 5.74) is -2.40. The Morgan fingerprint density at radius 1 is 0.545 bits per heavy atom. The Hall–Kier alpha value is -3.34. The highest BCUT2D eigenvalue weighted by molar-refractivity contribution is 5.86. The second-order valence-electron chi connectivity index (χ2n) is 18.8. The zero-order valence-corrected chi connectivity index (χ0v) is 36.2. The van der Waals surface area contributed by atoms with Gasteiger partial charge in [-0.3, -0.25) is 14.4 Å². The summed E-state index contributed by atoms with van der Waals surface area (Å²) < 4.78 is 18.8. The summed E-state index contributed by atoms with van der Waals surface area (Å²) in [7, 11) is 13.4. The molecule has 16 heteroatoms. The molecule has 0 aromatic heterocycles. The fourth-order valence-corrected chi connectivity index (χ4v) is 6.72. The van der Waals surface area contributed by atoms with Crippen molar-refractivity contribution < 1.29 is 76.9 Å². The van der Waals surface area contributed by atoms with Crippen molar-refractivity contribution in [2.75, 3.05) is 61.9 Å². The fraction of sp³-hybridized carbons (Fsp3) is 0.846. The minimum Gasteiger partial charge on any atom is -0.550 e. The van der Waals surface area contributed by atoms with Crippen molar-refractivity contribution in [3.05, 3.63) is 0 Å². The number of hydrogen-bond donors (Lipinski definition) is 1. The van der Waals surface area contributed by atoms with Gasteiger partial charge in [0.15, 0.2) is 0 Å². The Balaban J connectivity index is 0.000000707. The molecule has 0 spiro atoms. The third kappa shape index (κ3) is 16.7. The van der Waals surface area contributed by atoms with Gasteiger partial charge in [-0.05, 0) is 41.5 Å². The van der Waals surface area contributed by atoms with E-state index < -0.39 is 36.4 Å². The topological polar surface area (TPSA) is 220 Å². The van der Waals surface area contributed by atoms with Gasteiger partial charge in [0.1, 0.15) is 23.9 Å². The van der Waals surface area contributed by atoms with E-state index in [0.717, 1.165) is 71.6 Å². The maximum Gasteiger partial charge on any atom is 0.302 e. The van der Waals surface area contributed by atoms with Crippen molar-refractivity contribution in [1.82, 2.24) is 0 Å². The average molecular weight is 790 g/mol. The van der Waals surface area contributed by atoms with E-state index in [0.29, 0.717) is 0 Å². The van der Waals surface area contributed by atoms with Crippen LogP contribution in [0.5, 0.6) is 0 Å². The Morgan fingerprint density at radius 2 is 0.764 bits per heavy atom. The predicted octanol–water partition coefficient (Wildman–Crippen LogP) is -0.552. The van der Waals surface area contributed by atoms with Crippen LogP contribution in [0.4, 0.5) is 0 Å². The van der Waals surface area contributed by atoms with Gasteiger partial charge in [-0.2, -0.15) is 0 Å². The van der Waals surface area contributed by atoms with Gasteiger partial charge in [0, 0.05) is 84.1 Å². The number of carbonyl (C=O) groups is 6. The van der Waals surface area contributed by atoms with Crippen LogP contribution in [0.2, 0.25) is 0 Å². The SMILES string of the molecule is CC(=O)OC1CC[N+](C)(C)C(C)(C)C1.CC(=O)OC1CC[N+](C)(C)C(C)(C)C1.CC(=O)OC1CC[N+](C)(C)C(C)(C)C1.O=C([O-])CC(O)(CC(=O)[O-])C(=O)[O-]. The number of carbonyl (C=O) groups excluding carboxylic acids is 6. The van der Waals surface area contributed by atoms with Crippen molar-refractivity contribution in [3.8, 4) is 0 Å². The molecule has 3 unspecified atom stereocenters. The molecule has 0 aliphatic carbocycles. The first-order valence-electron chi connectivity index (χ1n) is 18.9. The van der Waals surface area contributed by atoms with Crippen molar-refractivity contribution >= 4 is 35.8 Å². The molecule has 0 saturated carbocycles. The Labute approximate surface area is 328 Å². The van der Waals surface area contributed by atoms with Gasteiger partial charge >= 0.3 is 17.9 Å². The van der Waals surface area contributed by atoms with E-state index in [1.165, 1.54) is 20.8 Å². The first kappa shape index (κ1) is 51.7. The van der Waals surface area contributed by atoms with Crippen LogP contribution in [0.15, 0.2) is 0 Å². The first-order valence-corrected chi connectivity index (χ1v) is 18.9. The maximum absolute atomic E-state index is 10.9. The second kappa shape index (κ2) is 19.7. The quantitative estimate of drug-likeness (QED) is 0.186. The molecule has 16 nitrogen and oxygen atoms in total. The number of hydrogen-bond acceptors (Lipinski definition) is 13. The van der Waals surface area contributed by atoms with Crippen LogP contribution in [0.1, 0.15) is 114 Å². The number of rotatable bonds is 8. The van der Waals surface area contributed by atoms with Crippen LogP contribution in [0.3, 0.4) is 0 Å². The lowest BCUT2D eigenvalue weighted by atomic mass is 9.86. The first-order chi connectivity index (χ1) is 24.5. The molecule has 0 aromatic carbocycles. The van der Waals surface area contributed by atoms with Crippen LogP contribution < -0.4 is 15.3 Å². The normalized spacial score (nSPS) is 25.2. The molecule has 3 heterocycles. The third-order valence-corrected chi connectivity index (χ3v) is 12.4. The van der Waals surface area contributed by atoms with Gasteiger partial charge in [-0.15, -0.1) is 0 Å². The van der Waals surface area contributed by atoms with Crippen molar-refractivity contribution in [2.24, 2.45) is 0 Å². The Morgan fingerprint density at radius 3 is 0.909 bits per heavy atom. The van der Waals surface area contributed by atoms with E-state index in [-0.39, 0.29) is 52.8 Å². The molecule has 3 fully saturated rings. The van der Waals surface area contributed by atoms with Crippen molar-refractivity contribution in [3.63, 3.8) is 0 Å². The zero-order valence-electron chi connectivity index (χ0n) is 36.2. The van der Waals surface area contributed by atoms with E-state index >= 15 is 0 Å².